The molecule has 0 radical (unpaired) electrons. The third kappa shape index (κ3) is 7.48. The van der Waals surface area contributed by atoms with Crippen molar-refractivity contribution in [2.24, 2.45) is 16.5 Å². The Labute approximate surface area is 149 Å². The first-order valence-electron chi connectivity index (χ1n) is 7.28. The number of nitrogens with one attached hydrogen (secondary N) is 1. The van der Waals surface area contributed by atoms with Gasteiger partial charge >= 0.3 is 10.4 Å². The van der Waals surface area contributed by atoms with Gasteiger partial charge in [-0.25, -0.2) is 0 Å². The van der Waals surface area contributed by atoms with Gasteiger partial charge in [0.1, 0.15) is 12.3 Å². The van der Waals surface area contributed by atoms with Crippen LogP contribution in [0.4, 0.5) is 0 Å². The lowest BCUT2D eigenvalue weighted by Crippen LogP contribution is -2.29. The van der Waals surface area contributed by atoms with E-state index in [2.05, 4.69) is 9.98 Å². The van der Waals surface area contributed by atoms with Crippen molar-refractivity contribution in [1.82, 2.24) is 9.88 Å². The number of aromatic nitrogens is 1. The molecule has 0 unspecified atom stereocenters. The number of phenolic OH excluding ortho intramolecular Hbond substituents is 1. The van der Waals surface area contributed by atoms with E-state index >= 15 is 0 Å². The van der Waals surface area contributed by atoms with E-state index in [-0.39, 0.29) is 11.7 Å². The molecule has 8 N–H and O–H groups in total. The molecule has 144 valence electrons. The van der Waals surface area contributed by atoms with Crippen molar-refractivity contribution in [3.05, 3.63) is 30.0 Å². The first kappa shape index (κ1) is 21.4. The van der Waals surface area contributed by atoms with Crippen LogP contribution < -0.4 is 11.5 Å². The van der Waals surface area contributed by atoms with Gasteiger partial charge in [0.25, 0.3) is 5.91 Å². The Kier molecular flexibility index (Phi) is 7.52. The lowest BCUT2D eigenvalue weighted by Gasteiger charge is -2.05. The van der Waals surface area contributed by atoms with Gasteiger partial charge in [0.05, 0.1) is 0 Å². The number of aromatic amines is 1. The number of benzene rings is 1. The summed E-state index contributed by atoms with van der Waals surface area (Å²) in [5.41, 5.74) is 12.9. The molecule has 0 saturated heterocycles. The molecule has 1 aromatic heterocycles. The number of carbonyl (C=O) groups excluding carboxylic acids is 1. The summed E-state index contributed by atoms with van der Waals surface area (Å²) < 4.78 is 31.6. The van der Waals surface area contributed by atoms with Crippen LogP contribution in [0.15, 0.2) is 29.4 Å². The van der Waals surface area contributed by atoms with E-state index in [9.17, 15) is 9.90 Å². The minimum atomic E-state index is -4.67. The lowest BCUT2D eigenvalue weighted by molar-refractivity contribution is -0.116. The van der Waals surface area contributed by atoms with Crippen molar-refractivity contribution in [2.45, 2.75) is 6.42 Å². The number of hydrogen-bond acceptors (Lipinski definition) is 7. The van der Waals surface area contributed by atoms with E-state index in [1.807, 2.05) is 12.3 Å². The predicted molar refractivity (Wildman–Crippen MR) is 96.2 cm³/mol. The second-order valence-corrected chi connectivity index (χ2v) is 6.15. The Morgan fingerprint density at radius 3 is 2.38 bits per heavy atom. The molecule has 3 rings (SSSR count). The summed E-state index contributed by atoms with van der Waals surface area (Å²) in [7, 11) is -2.94. The highest BCUT2D eigenvalue weighted by atomic mass is 32.3. The third-order valence-corrected chi connectivity index (χ3v) is 3.17. The van der Waals surface area contributed by atoms with Crippen LogP contribution in [0, 0.1) is 0 Å². The molecule has 0 fully saturated rings. The average Bonchev–Trinajstić information content (AvgIpc) is 3.01. The molecule has 26 heavy (non-hydrogen) atoms. The topological polar surface area (TPSA) is 195 Å². The largest absolute Gasteiger partial charge is 0.508 e. The van der Waals surface area contributed by atoms with Crippen molar-refractivity contribution in [1.29, 1.82) is 0 Å². The SMILES string of the molecule is CN1CC(=O)N=C1N.NCCc1c[nH]c2cc(O)ccc12.O=S(=O)(O)O. The Morgan fingerprint density at radius 2 is 1.96 bits per heavy atom. The summed E-state index contributed by atoms with van der Waals surface area (Å²) in [6.07, 6.45) is 2.81. The number of guanidine groups is 1. The van der Waals surface area contributed by atoms with Gasteiger partial charge in [-0.1, -0.05) is 0 Å². The summed E-state index contributed by atoms with van der Waals surface area (Å²) >= 11 is 0. The van der Waals surface area contributed by atoms with Crippen LogP contribution in [0.5, 0.6) is 5.75 Å². The van der Waals surface area contributed by atoms with Gasteiger partial charge in [-0.3, -0.25) is 13.9 Å². The van der Waals surface area contributed by atoms with Crippen LogP contribution in [-0.2, 0) is 21.6 Å². The monoisotopic (exact) mass is 387 g/mol. The minimum absolute atomic E-state index is 0.162. The van der Waals surface area contributed by atoms with Crippen LogP contribution >= 0.6 is 0 Å². The Bertz CT molecular complexity index is 884. The molecule has 1 amide bonds. The van der Waals surface area contributed by atoms with E-state index < -0.39 is 10.4 Å². The fourth-order valence-electron chi connectivity index (χ4n) is 2.07. The van der Waals surface area contributed by atoms with Gasteiger partial charge in [-0.2, -0.15) is 13.4 Å². The summed E-state index contributed by atoms with van der Waals surface area (Å²) in [5, 5.41) is 10.4. The number of nitrogens with two attached hydrogens (primary N) is 2. The van der Waals surface area contributed by atoms with Crippen molar-refractivity contribution >= 4 is 33.2 Å². The first-order valence-corrected chi connectivity index (χ1v) is 8.68. The molecule has 0 atom stereocenters. The highest BCUT2D eigenvalue weighted by Gasteiger charge is 2.15. The van der Waals surface area contributed by atoms with Gasteiger partial charge in [-0.15, -0.1) is 0 Å². The number of aromatic hydroxyl groups is 1. The van der Waals surface area contributed by atoms with Crippen LogP contribution in [-0.4, -0.2) is 64.5 Å². The van der Waals surface area contributed by atoms with Gasteiger partial charge in [0.2, 0.25) is 0 Å². The molecular weight excluding hydrogens is 366 g/mol. The number of phenols is 1. The predicted octanol–water partition coefficient (Wildman–Crippen LogP) is -0.505. The number of likely N-dealkylation sites (N-methyl/N-ethyl adjacent to an activating group) is 1. The second kappa shape index (κ2) is 9.15. The number of rotatable bonds is 2. The third-order valence-electron chi connectivity index (χ3n) is 3.17. The molecule has 11 nitrogen and oxygen atoms in total. The van der Waals surface area contributed by atoms with Gasteiger partial charge < -0.3 is 26.5 Å². The zero-order valence-corrected chi connectivity index (χ0v) is 14.8. The smallest absolute Gasteiger partial charge is 0.394 e. The van der Waals surface area contributed by atoms with Crippen LogP contribution in [0.2, 0.25) is 0 Å². The highest BCUT2D eigenvalue weighted by Crippen LogP contribution is 2.22. The van der Waals surface area contributed by atoms with E-state index in [0.29, 0.717) is 19.0 Å². The summed E-state index contributed by atoms with van der Waals surface area (Å²) in [6.45, 7) is 0.972. The van der Waals surface area contributed by atoms with E-state index in [0.717, 1.165) is 17.3 Å². The summed E-state index contributed by atoms with van der Waals surface area (Å²) in [4.78, 5) is 18.5. The quantitative estimate of drug-likeness (QED) is 0.368. The lowest BCUT2D eigenvalue weighted by atomic mass is 10.1. The van der Waals surface area contributed by atoms with E-state index in [1.54, 1.807) is 24.1 Å². The highest BCUT2D eigenvalue weighted by molar-refractivity contribution is 7.79. The zero-order chi connectivity index (χ0) is 19.9. The molecule has 0 aliphatic carbocycles. The number of aliphatic imine (C=N–C) groups is 1. The van der Waals surface area contributed by atoms with Crippen LogP contribution in [0.25, 0.3) is 10.9 Å². The van der Waals surface area contributed by atoms with Gasteiger partial charge in [0.15, 0.2) is 5.96 Å². The molecular formula is C14H21N5O6S. The Morgan fingerprint density at radius 1 is 1.35 bits per heavy atom. The van der Waals surface area contributed by atoms with Crippen molar-refractivity contribution in [3.63, 3.8) is 0 Å². The molecule has 2 heterocycles. The first-order chi connectivity index (χ1) is 12.0. The number of amides is 1. The number of nitrogens with zero attached hydrogens (tertiary/aromatic N) is 2. The maximum Gasteiger partial charge on any atom is 0.394 e. The van der Waals surface area contributed by atoms with Crippen molar-refractivity contribution < 1.29 is 27.4 Å². The van der Waals surface area contributed by atoms with Crippen LogP contribution in [0.3, 0.4) is 0 Å². The molecule has 12 heteroatoms. The summed E-state index contributed by atoms with van der Waals surface area (Å²) in [5.74, 6) is 0.439. The molecule has 1 aliphatic heterocycles. The van der Waals surface area contributed by atoms with Gasteiger partial charge in [0, 0.05) is 30.2 Å². The molecule has 0 bridgehead atoms. The maximum absolute atomic E-state index is 10.4. The number of carbonyl (C=O) groups is 1. The van der Waals surface area contributed by atoms with Crippen LogP contribution in [0.1, 0.15) is 5.56 Å². The van der Waals surface area contributed by atoms with E-state index in [4.69, 9.17) is 29.0 Å². The average molecular weight is 387 g/mol. The maximum atomic E-state index is 10.4. The fraction of sp³-hybridized carbons (Fsp3) is 0.286. The zero-order valence-electron chi connectivity index (χ0n) is 14.0. The van der Waals surface area contributed by atoms with Crippen molar-refractivity contribution in [3.8, 4) is 5.75 Å². The normalized spacial score (nSPS) is 13.6. The minimum Gasteiger partial charge on any atom is -0.508 e. The molecule has 0 saturated carbocycles. The number of H-pyrrole nitrogens is 1. The molecule has 2 aromatic rings. The Hall–Kier alpha value is -2.67. The van der Waals surface area contributed by atoms with Crippen molar-refractivity contribution in [2.75, 3.05) is 20.1 Å². The second-order valence-electron chi connectivity index (χ2n) is 5.25. The molecule has 1 aliphatic rings. The van der Waals surface area contributed by atoms with E-state index in [1.165, 1.54) is 5.56 Å². The summed E-state index contributed by atoms with van der Waals surface area (Å²) in [6, 6.07) is 5.32. The standard InChI is InChI=1S/C10H12N2O.C4H7N3O.H2O4S/c11-4-3-7-6-12-10-5-8(13)1-2-9(7)10;1-7-2-3(8)6-4(7)5;1-5(2,3)4/h1-2,5-6,12-13H,3-4,11H2;2H2,1H3,(H2,5,6,8);(H2,1,2,3,4). The number of hydrogen-bond donors (Lipinski definition) is 6. The fourth-order valence-corrected chi connectivity index (χ4v) is 2.07. The molecule has 0 spiro atoms. The Balaban J connectivity index is 0.000000223. The number of fused-ring (bicyclic) bond motifs is 1. The molecule has 1 aromatic carbocycles. The van der Waals surface area contributed by atoms with Gasteiger partial charge in [-0.05, 0) is 30.7 Å².